The number of aromatic amines is 1. The first kappa shape index (κ1) is 22.4. The van der Waals surface area contributed by atoms with Crippen LogP contribution in [-0.2, 0) is 23.1 Å². The summed E-state index contributed by atoms with van der Waals surface area (Å²) in [6.07, 6.45) is -0.577. The molecule has 154 valence electrons. The molecule has 9 nitrogen and oxygen atoms in total. The maximum absolute atomic E-state index is 12.2. The lowest BCUT2D eigenvalue weighted by molar-refractivity contribution is -0.0746. The van der Waals surface area contributed by atoms with Crippen molar-refractivity contribution in [2.45, 2.75) is 71.7 Å². The van der Waals surface area contributed by atoms with Crippen molar-refractivity contribution in [3.8, 4) is 0 Å². The topological polar surface area (TPSA) is 112 Å². The van der Waals surface area contributed by atoms with Gasteiger partial charge in [-0.3, -0.25) is 23.4 Å². The van der Waals surface area contributed by atoms with Gasteiger partial charge in [-0.1, -0.05) is 0 Å². The third kappa shape index (κ3) is 6.32. The number of nitrogens with one attached hydrogen (secondary N) is 1. The molecule has 0 saturated carbocycles. The number of rotatable bonds is 8. The average Bonchev–Trinajstić information content (AvgIpc) is 2.89. The zero-order valence-corrected chi connectivity index (χ0v) is 17.8. The molecular formula is C16H27N2O7PS. The molecular weight excluding hydrogens is 395 g/mol. The van der Waals surface area contributed by atoms with Gasteiger partial charge >= 0.3 is 7.82 Å². The normalized spacial score (nSPS) is 25.3. The van der Waals surface area contributed by atoms with Crippen molar-refractivity contribution < 1.29 is 28.0 Å². The fraction of sp³-hybridized carbons (Fsp3) is 0.750. The van der Waals surface area contributed by atoms with E-state index in [1.807, 2.05) is 13.8 Å². The van der Waals surface area contributed by atoms with Crippen molar-refractivity contribution in [2.24, 2.45) is 0 Å². The summed E-state index contributed by atoms with van der Waals surface area (Å²) in [7, 11) is -4.26. The standard InChI is InChI=1S/C16H27N2O7PS/c1-9(2)22-8-13-12(25-26(20,21)24-10(3)4)6-14(23-13)18-7-11(5)15(19)17-16(18)27/h7,9-10,12-14H,6,8H2,1-5H3,(H,20,21)(H,17,19,27)/t12?,13?,14-/m1/s1. The minimum atomic E-state index is -4.26. The molecule has 0 amide bonds. The molecule has 0 aromatic carbocycles. The molecule has 27 heavy (non-hydrogen) atoms. The van der Waals surface area contributed by atoms with Crippen LogP contribution in [0.15, 0.2) is 11.0 Å². The quantitative estimate of drug-likeness (QED) is 0.486. The van der Waals surface area contributed by atoms with Crippen molar-refractivity contribution in [1.82, 2.24) is 9.55 Å². The Bertz CT molecular complexity index is 807. The van der Waals surface area contributed by atoms with Crippen LogP contribution in [0.5, 0.6) is 0 Å². The highest BCUT2D eigenvalue weighted by Gasteiger charge is 2.42. The van der Waals surface area contributed by atoms with Gasteiger partial charge < -0.3 is 14.4 Å². The summed E-state index contributed by atoms with van der Waals surface area (Å²) in [5, 5.41) is 0. The molecule has 2 heterocycles. The molecule has 0 aliphatic carbocycles. The number of phosphoric ester groups is 1. The van der Waals surface area contributed by atoms with E-state index in [0.717, 1.165) is 0 Å². The van der Waals surface area contributed by atoms with E-state index in [1.165, 1.54) is 0 Å². The van der Waals surface area contributed by atoms with E-state index in [9.17, 15) is 14.3 Å². The van der Waals surface area contributed by atoms with Gasteiger partial charge in [0, 0.05) is 18.2 Å². The number of aryl methyl sites for hydroxylation is 1. The third-order valence-corrected chi connectivity index (χ3v) is 5.38. The summed E-state index contributed by atoms with van der Waals surface area (Å²) in [6.45, 7) is 8.87. The van der Waals surface area contributed by atoms with Crippen LogP contribution in [0.2, 0.25) is 0 Å². The molecule has 1 aliphatic rings. The zero-order chi connectivity index (χ0) is 20.4. The molecule has 2 rings (SSSR count). The highest BCUT2D eigenvalue weighted by Crippen LogP contribution is 2.49. The maximum atomic E-state index is 12.2. The molecule has 11 heteroatoms. The van der Waals surface area contributed by atoms with E-state index in [1.54, 1.807) is 31.5 Å². The summed E-state index contributed by atoms with van der Waals surface area (Å²) in [5.74, 6) is 0. The second kappa shape index (κ2) is 9.09. The molecule has 1 aliphatic heterocycles. The van der Waals surface area contributed by atoms with Gasteiger partial charge in [-0.15, -0.1) is 0 Å². The number of hydrogen-bond donors (Lipinski definition) is 2. The monoisotopic (exact) mass is 422 g/mol. The van der Waals surface area contributed by atoms with Gasteiger partial charge in [0.25, 0.3) is 5.56 Å². The lowest BCUT2D eigenvalue weighted by Crippen LogP contribution is -2.30. The van der Waals surface area contributed by atoms with E-state index in [2.05, 4.69) is 4.98 Å². The fourth-order valence-corrected chi connectivity index (χ4v) is 4.09. The molecule has 1 aromatic rings. The van der Waals surface area contributed by atoms with Crippen molar-refractivity contribution in [3.05, 3.63) is 26.9 Å². The summed E-state index contributed by atoms with van der Waals surface area (Å²) < 4.78 is 35.9. The van der Waals surface area contributed by atoms with Crippen LogP contribution >= 0.6 is 20.0 Å². The zero-order valence-electron chi connectivity index (χ0n) is 16.1. The molecule has 4 atom stereocenters. The molecule has 1 aromatic heterocycles. The Morgan fingerprint density at radius 1 is 1.41 bits per heavy atom. The second-order valence-electron chi connectivity index (χ2n) is 6.99. The van der Waals surface area contributed by atoms with Gasteiger partial charge in [0.1, 0.15) is 18.4 Å². The number of phosphoric acid groups is 1. The Hall–Kier alpha value is -0.870. The number of H-pyrrole nitrogens is 1. The van der Waals surface area contributed by atoms with Gasteiger partial charge in [0.2, 0.25) is 0 Å². The van der Waals surface area contributed by atoms with Crippen LogP contribution in [0.3, 0.4) is 0 Å². The van der Waals surface area contributed by atoms with Crippen LogP contribution in [0.25, 0.3) is 0 Å². The molecule has 0 bridgehead atoms. The number of aromatic nitrogens is 2. The number of hydrogen-bond acceptors (Lipinski definition) is 7. The highest BCUT2D eigenvalue weighted by atomic mass is 32.1. The van der Waals surface area contributed by atoms with Gasteiger partial charge in [-0.25, -0.2) is 4.57 Å². The Morgan fingerprint density at radius 2 is 2.07 bits per heavy atom. The first-order chi connectivity index (χ1) is 12.5. The molecule has 0 radical (unpaired) electrons. The fourth-order valence-electron chi connectivity index (χ4n) is 2.68. The van der Waals surface area contributed by atoms with Crippen molar-refractivity contribution in [2.75, 3.05) is 6.61 Å². The lowest BCUT2D eigenvalue weighted by atomic mass is 10.2. The first-order valence-electron chi connectivity index (χ1n) is 8.77. The maximum Gasteiger partial charge on any atom is 0.472 e. The van der Waals surface area contributed by atoms with Gasteiger partial charge in [0.05, 0.1) is 18.8 Å². The predicted octanol–water partition coefficient (Wildman–Crippen LogP) is 2.84. The summed E-state index contributed by atoms with van der Waals surface area (Å²) >= 11 is 5.21. The van der Waals surface area contributed by atoms with Gasteiger partial charge in [-0.05, 0) is 46.8 Å². The predicted molar refractivity (Wildman–Crippen MR) is 101 cm³/mol. The van der Waals surface area contributed by atoms with E-state index < -0.39 is 32.4 Å². The van der Waals surface area contributed by atoms with E-state index in [-0.39, 0.29) is 29.5 Å². The number of ether oxygens (including phenoxy) is 2. The molecule has 0 spiro atoms. The summed E-state index contributed by atoms with van der Waals surface area (Å²) in [6, 6.07) is 0. The second-order valence-corrected chi connectivity index (χ2v) is 8.74. The van der Waals surface area contributed by atoms with Crippen LogP contribution in [0.4, 0.5) is 0 Å². The van der Waals surface area contributed by atoms with Gasteiger partial charge in [0.15, 0.2) is 4.77 Å². The van der Waals surface area contributed by atoms with Crippen molar-refractivity contribution in [3.63, 3.8) is 0 Å². The average molecular weight is 422 g/mol. The smallest absolute Gasteiger partial charge is 0.376 e. The van der Waals surface area contributed by atoms with Crippen molar-refractivity contribution >= 4 is 20.0 Å². The molecule has 1 fully saturated rings. The summed E-state index contributed by atoms with van der Waals surface area (Å²) in [4.78, 5) is 24.2. The van der Waals surface area contributed by atoms with Gasteiger partial charge in [-0.2, -0.15) is 0 Å². The van der Waals surface area contributed by atoms with E-state index in [4.69, 9.17) is 30.7 Å². The third-order valence-electron chi connectivity index (χ3n) is 3.84. The van der Waals surface area contributed by atoms with E-state index >= 15 is 0 Å². The Morgan fingerprint density at radius 3 is 2.67 bits per heavy atom. The molecule has 2 N–H and O–H groups in total. The minimum Gasteiger partial charge on any atom is -0.376 e. The Labute approximate surface area is 163 Å². The van der Waals surface area contributed by atoms with Crippen LogP contribution in [0, 0.1) is 11.7 Å². The highest BCUT2D eigenvalue weighted by molar-refractivity contribution is 7.71. The SMILES string of the molecule is Cc1cn([C@H]2CC(OP(=O)(O)OC(C)C)C(COC(C)C)O2)c(=S)[nH]c1=O. The minimum absolute atomic E-state index is 0.0429. The van der Waals surface area contributed by atoms with Crippen LogP contribution < -0.4 is 5.56 Å². The van der Waals surface area contributed by atoms with E-state index in [0.29, 0.717) is 5.56 Å². The first-order valence-corrected chi connectivity index (χ1v) is 10.7. The molecule has 3 unspecified atom stereocenters. The Kier molecular flexibility index (Phi) is 7.54. The Balaban J connectivity index is 2.23. The number of nitrogens with zero attached hydrogens (tertiary/aromatic N) is 1. The lowest BCUT2D eigenvalue weighted by Gasteiger charge is -2.22. The largest absolute Gasteiger partial charge is 0.472 e. The molecule has 1 saturated heterocycles. The van der Waals surface area contributed by atoms with Crippen LogP contribution in [-0.4, -0.2) is 45.5 Å². The summed E-state index contributed by atoms with van der Waals surface area (Å²) in [5.41, 5.74) is 0.203. The van der Waals surface area contributed by atoms with Crippen LogP contribution in [0.1, 0.15) is 45.9 Å². The van der Waals surface area contributed by atoms with Crippen molar-refractivity contribution in [1.29, 1.82) is 0 Å².